The van der Waals surface area contributed by atoms with E-state index in [0.717, 1.165) is 28.1 Å². The van der Waals surface area contributed by atoms with Crippen LogP contribution in [-0.2, 0) is 20.7 Å². The predicted octanol–water partition coefficient (Wildman–Crippen LogP) is 2.95. The number of rotatable bonds is 7. The van der Waals surface area contributed by atoms with Gasteiger partial charge in [0.05, 0.1) is 25.3 Å². The largest absolute Gasteiger partial charge is 0.469 e. The van der Waals surface area contributed by atoms with Crippen LogP contribution in [0.3, 0.4) is 0 Å². The summed E-state index contributed by atoms with van der Waals surface area (Å²) in [6, 6.07) is 7.32. The zero-order valence-electron chi connectivity index (χ0n) is 15.1. The van der Waals surface area contributed by atoms with Gasteiger partial charge in [0.25, 0.3) is 0 Å². The van der Waals surface area contributed by atoms with Crippen LogP contribution in [0.2, 0.25) is 0 Å². The Morgan fingerprint density at radius 3 is 2.44 bits per heavy atom. The fraction of sp³-hybridized carbons (Fsp3) is 0.421. The molecule has 1 atom stereocenters. The number of carbonyl (C=O) groups excluding carboxylic acids is 2. The molecule has 1 aromatic carbocycles. The molecule has 0 unspecified atom stereocenters. The zero-order valence-corrected chi connectivity index (χ0v) is 15.1. The van der Waals surface area contributed by atoms with E-state index in [1.807, 2.05) is 45.0 Å². The summed E-state index contributed by atoms with van der Waals surface area (Å²) >= 11 is 0. The molecule has 0 saturated heterocycles. The van der Waals surface area contributed by atoms with E-state index in [-0.39, 0.29) is 18.3 Å². The second kappa shape index (κ2) is 8.46. The maximum absolute atomic E-state index is 12.4. The molecule has 1 N–H and O–H groups in total. The Morgan fingerprint density at radius 2 is 1.88 bits per heavy atom. The van der Waals surface area contributed by atoms with Gasteiger partial charge in [0, 0.05) is 12.0 Å². The summed E-state index contributed by atoms with van der Waals surface area (Å²) in [5.74, 6) is 0.237. The van der Waals surface area contributed by atoms with Crippen molar-refractivity contribution in [1.82, 2.24) is 10.5 Å². The molecule has 2 aromatic rings. The van der Waals surface area contributed by atoms with Gasteiger partial charge < -0.3 is 14.6 Å². The summed E-state index contributed by atoms with van der Waals surface area (Å²) < 4.78 is 9.86. The quantitative estimate of drug-likeness (QED) is 0.781. The highest BCUT2D eigenvalue weighted by Gasteiger charge is 2.19. The first-order chi connectivity index (χ1) is 11.9. The molecule has 6 nitrogen and oxygen atoms in total. The summed E-state index contributed by atoms with van der Waals surface area (Å²) in [4.78, 5) is 24.1. The van der Waals surface area contributed by atoms with Crippen molar-refractivity contribution in [3.05, 3.63) is 52.4 Å². The predicted molar refractivity (Wildman–Crippen MR) is 93.0 cm³/mol. The number of carbonyl (C=O) groups is 2. The molecular formula is C19H24N2O4. The van der Waals surface area contributed by atoms with Gasteiger partial charge in [0.15, 0.2) is 0 Å². The zero-order chi connectivity index (χ0) is 18.4. The van der Waals surface area contributed by atoms with Crippen LogP contribution in [0.1, 0.15) is 47.0 Å². The third kappa shape index (κ3) is 5.17. The van der Waals surface area contributed by atoms with E-state index in [1.54, 1.807) is 0 Å². The van der Waals surface area contributed by atoms with E-state index in [2.05, 4.69) is 10.5 Å². The molecule has 1 amide bonds. The van der Waals surface area contributed by atoms with Crippen molar-refractivity contribution in [3.8, 4) is 0 Å². The van der Waals surface area contributed by atoms with Gasteiger partial charge in [0.1, 0.15) is 5.76 Å². The number of hydrogen-bond acceptors (Lipinski definition) is 5. The van der Waals surface area contributed by atoms with Gasteiger partial charge >= 0.3 is 5.97 Å². The maximum Gasteiger partial charge on any atom is 0.307 e. The van der Waals surface area contributed by atoms with Crippen LogP contribution in [0.25, 0.3) is 0 Å². The van der Waals surface area contributed by atoms with Crippen LogP contribution in [-0.4, -0.2) is 24.1 Å². The lowest BCUT2D eigenvalue weighted by Gasteiger charge is -2.18. The third-order valence-electron chi connectivity index (χ3n) is 4.20. The van der Waals surface area contributed by atoms with Gasteiger partial charge in [0.2, 0.25) is 5.91 Å². The number of nitrogens with zero attached hydrogens (tertiary/aromatic N) is 1. The van der Waals surface area contributed by atoms with E-state index < -0.39 is 6.04 Å². The second-order valence-electron chi connectivity index (χ2n) is 6.11. The van der Waals surface area contributed by atoms with Gasteiger partial charge in [-0.05, 0) is 32.8 Å². The highest BCUT2D eigenvalue weighted by molar-refractivity contribution is 5.78. The number of hydrogen-bond donors (Lipinski definition) is 1. The normalized spacial score (nSPS) is 11.8. The lowest BCUT2D eigenvalue weighted by molar-refractivity contribution is -0.141. The standard InChI is InChI=1S/C19H24N2O4/c1-12-5-7-15(8-6-12)17(11-19(23)24-4)20-18(22)10-9-16-13(2)21-25-14(16)3/h5-8,17H,9-11H2,1-4H3,(H,20,22)/t17-/m0/s1. The topological polar surface area (TPSA) is 81.4 Å². The Kier molecular flexibility index (Phi) is 6.33. The van der Waals surface area contributed by atoms with E-state index in [0.29, 0.717) is 12.8 Å². The van der Waals surface area contributed by atoms with Gasteiger partial charge in [-0.3, -0.25) is 9.59 Å². The van der Waals surface area contributed by atoms with Crippen LogP contribution >= 0.6 is 0 Å². The summed E-state index contributed by atoms with van der Waals surface area (Å²) in [5.41, 5.74) is 3.75. The summed E-state index contributed by atoms with van der Waals surface area (Å²) in [6.45, 7) is 5.68. The third-order valence-corrected chi connectivity index (χ3v) is 4.20. The van der Waals surface area contributed by atoms with Crippen molar-refractivity contribution in [2.75, 3.05) is 7.11 Å². The number of aromatic nitrogens is 1. The monoisotopic (exact) mass is 344 g/mol. The first kappa shape index (κ1) is 18.7. The molecule has 0 spiro atoms. The minimum atomic E-state index is -0.412. The minimum Gasteiger partial charge on any atom is -0.469 e. The Bertz CT molecular complexity index is 715. The molecule has 1 aromatic heterocycles. The molecule has 0 fully saturated rings. The molecule has 0 bridgehead atoms. The van der Waals surface area contributed by atoms with Crippen molar-refractivity contribution in [3.63, 3.8) is 0 Å². The number of amides is 1. The van der Waals surface area contributed by atoms with Crippen molar-refractivity contribution < 1.29 is 18.8 Å². The maximum atomic E-state index is 12.4. The lowest BCUT2D eigenvalue weighted by atomic mass is 10.0. The average molecular weight is 344 g/mol. The van der Waals surface area contributed by atoms with Crippen LogP contribution in [0, 0.1) is 20.8 Å². The molecule has 25 heavy (non-hydrogen) atoms. The van der Waals surface area contributed by atoms with E-state index in [4.69, 9.17) is 9.26 Å². The van der Waals surface area contributed by atoms with E-state index in [1.165, 1.54) is 7.11 Å². The Labute approximate surface area is 147 Å². The minimum absolute atomic E-state index is 0.0939. The molecular weight excluding hydrogens is 320 g/mol. The highest BCUT2D eigenvalue weighted by Crippen LogP contribution is 2.19. The smallest absolute Gasteiger partial charge is 0.307 e. The molecule has 2 rings (SSSR count). The van der Waals surface area contributed by atoms with E-state index in [9.17, 15) is 9.59 Å². The van der Waals surface area contributed by atoms with Gasteiger partial charge in [-0.2, -0.15) is 0 Å². The molecule has 1 heterocycles. The number of esters is 1. The lowest BCUT2D eigenvalue weighted by Crippen LogP contribution is -2.30. The van der Waals surface area contributed by atoms with Crippen molar-refractivity contribution in [1.29, 1.82) is 0 Å². The van der Waals surface area contributed by atoms with Crippen LogP contribution in [0.5, 0.6) is 0 Å². The number of ether oxygens (including phenoxy) is 1. The Balaban J connectivity index is 2.03. The van der Waals surface area contributed by atoms with Gasteiger partial charge in [-0.15, -0.1) is 0 Å². The summed E-state index contributed by atoms with van der Waals surface area (Å²) in [5, 5.41) is 6.82. The number of benzene rings is 1. The fourth-order valence-electron chi connectivity index (χ4n) is 2.66. The van der Waals surface area contributed by atoms with Crippen molar-refractivity contribution >= 4 is 11.9 Å². The molecule has 134 valence electrons. The van der Waals surface area contributed by atoms with Crippen LogP contribution in [0.15, 0.2) is 28.8 Å². The highest BCUT2D eigenvalue weighted by atomic mass is 16.5. The first-order valence-corrected chi connectivity index (χ1v) is 8.25. The number of methoxy groups -OCH3 is 1. The number of nitrogens with one attached hydrogen (secondary N) is 1. The summed E-state index contributed by atoms with van der Waals surface area (Å²) in [6.07, 6.45) is 0.939. The van der Waals surface area contributed by atoms with Crippen molar-refractivity contribution in [2.24, 2.45) is 0 Å². The first-order valence-electron chi connectivity index (χ1n) is 8.25. The number of aryl methyl sites for hydroxylation is 3. The van der Waals surface area contributed by atoms with Gasteiger partial charge in [-0.25, -0.2) is 0 Å². The molecule has 0 radical (unpaired) electrons. The molecule has 6 heteroatoms. The average Bonchev–Trinajstić information content (AvgIpc) is 2.91. The molecule has 0 aliphatic carbocycles. The SMILES string of the molecule is COC(=O)C[C@H](NC(=O)CCc1c(C)noc1C)c1ccc(C)cc1. The van der Waals surface area contributed by atoms with Crippen LogP contribution < -0.4 is 5.32 Å². The molecule has 0 aliphatic heterocycles. The Hall–Kier alpha value is -2.63. The molecule has 0 saturated carbocycles. The van der Waals surface area contributed by atoms with E-state index >= 15 is 0 Å². The second-order valence-corrected chi connectivity index (χ2v) is 6.11. The van der Waals surface area contributed by atoms with Gasteiger partial charge in [-0.1, -0.05) is 35.0 Å². The van der Waals surface area contributed by atoms with Crippen LogP contribution in [0.4, 0.5) is 0 Å². The summed E-state index contributed by atoms with van der Waals surface area (Å²) in [7, 11) is 1.34. The Morgan fingerprint density at radius 1 is 1.20 bits per heavy atom. The van der Waals surface area contributed by atoms with Crippen molar-refractivity contribution in [2.45, 2.75) is 46.1 Å². The fourth-order valence-corrected chi connectivity index (χ4v) is 2.66. The molecule has 0 aliphatic rings.